The van der Waals surface area contributed by atoms with Gasteiger partial charge in [-0.25, -0.2) is 0 Å². The highest BCUT2D eigenvalue weighted by Crippen LogP contribution is 2.21. The Morgan fingerprint density at radius 2 is 2.08 bits per heavy atom. The van der Waals surface area contributed by atoms with E-state index in [4.69, 9.17) is 0 Å². The lowest BCUT2D eigenvalue weighted by molar-refractivity contribution is -0.105. The second-order valence-corrected chi connectivity index (χ2v) is 3.16. The molecule has 1 amide bonds. The quantitative estimate of drug-likeness (QED) is 0.713. The van der Waals surface area contributed by atoms with Crippen molar-refractivity contribution < 1.29 is 4.79 Å². The molecular weight excluding hydrogens is 164 g/mol. The van der Waals surface area contributed by atoms with Crippen LogP contribution in [0.1, 0.15) is 5.56 Å². The Labute approximate surface area is 78.4 Å². The van der Waals surface area contributed by atoms with E-state index in [2.05, 4.69) is 5.32 Å². The van der Waals surface area contributed by atoms with Crippen LogP contribution in [-0.4, -0.2) is 20.5 Å². The number of carbonyl (C=O) groups excluding carboxylic acids is 1. The van der Waals surface area contributed by atoms with E-state index < -0.39 is 0 Å². The molecule has 1 rings (SSSR count). The van der Waals surface area contributed by atoms with E-state index in [0.717, 1.165) is 16.9 Å². The summed E-state index contributed by atoms with van der Waals surface area (Å²) in [7, 11) is 3.99. The third-order valence-electron chi connectivity index (χ3n) is 1.90. The topological polar surface area (TPSA) is 32.3 Å². The van der Waals surface area contributed by atoms with Crippen LogP contribution < -0.4 is 10.2 Å². The summed E-state index contributed by atoms with van der Waals surface area (Å²) >= 11 is 0. The first-order valence-electron chi connectivity index (χ1n) is 4.13. The Morgan fingerprint density at radius 1 is 1.38 bits per heavy atom. The molecule has 0 aromatic heterocycles. The summed E-state index contributed by atoms with van der Waals surface area (Å²) in [4.78, 5) is 12.2. The van der Waals surface area contributed by atoms with Gasteiger partial charge in [0.2, 0.25) is 6.41 Å². The van der Waals surface area contributed by atoms with Gasteiger partial charge in [0, 0.05) is 25.5 Å². The molecule has 0 aliphatic heterocycles. The van der Waals surface area contributed by atoms with Crippen LogP contribution in [0.5, 0.6) is 0 Å². The van der Waals surface area contributed by atoms with Gasteiger partial charge in [0.1, 0.15) is 0 Å². The molecule has 0 unspecified atom stereocenters. The van der Waals surface area contributed by atoms with Crippen molar-refractivity contribution in [2.24, 2.45) is 0 Å². The largest absolute Gasteiger partial charge is 0.377 e. The highest BCUT2D eigenvalue weighted by Gasteiger charge is 2.00. The molecule has 1 aromatic rings. The first kappa shape index (κ1) is 9.58. The van der Waals surface area contributed by atoms with Crippen molar-refractivity contribution >= 4 is 17.8 Å². The molecule has 3 nitrogen and oxygen atoms in total. The molecule has 70 valence electrons. The van der Waals surface area contributed by atoms with Gasteiger partial charge in [-0.05, 0) is 30.7 Å². The maximum atomic E-state index is 10.2. The summed E-state index contributed by atoms with van der Waals surface area (Å²) in [5.74, 6) is 0. The van der Waals surface area contributed by atoms with Crippen LogP contribution >= 0.6 is 0 Å². The minimum Gasteiger partial charge on any atom is -0.377 e. The van der Waals surface area contributed by atoms with E-state index in [1.54, 1.807) is 0 Å². The number of amides is 1. The maximum absolute atomic E-state index is 10.2. The molecule has 0 aliphatic rings. The second-order valence-electron chi connectivity index (χ2n) is 3.16. The summed E-state index contributed by atoms with van der Waals surface area (Å²) in [6.45, 7) is 2.02. The number of hydrogen-bond acceptors (Lipinski definition) is 2. The molecule has 0 radical (unpaired) electrons. The lowest BCUT2D eigenvalue weighted by Gasteiger charge is -2.15. The van der Waals surface area contributed by atoms with Gasteiger partial charge >= 0.3 is 0 Å². The molecule has 0 saturated heterocycles. The fraction of sp³-hybridized carbons (Fsp3) is 0.300. The van der Waals surface area contributed by atoms with Gasteiger partial charge in [0.05, 0.1) is 0 Å². The standard InChI is InChI=1S/C10H14N2O/c1-8-6-9(11-7-13)4-5-10(8)12(2)3/h4-7H,1-3H3,(H,11,13). The molecule has 0 spiro atoms. The number of aryl methyl sites for hydroxylation is 1. The fourth-order valence-corrected chi connectivity index (χ4v) is 1.32. The average molecular weight is 178 g/mol. The Morgan fingerprint density at radius 3 is 2.54 bits per heavy atom. The van der Waals surface area contributed by atoms with Crippen molar-refractivity contribution in [3.8, 4) is 0 Å². The monoisotopic (exact) mass is 178 g/mol. The number of rotatable bonds is 3. The lowest BCUT2D eigenvalue weighted by atomic mass is 10.1. The van der Waals surface area contributed by atoms with Crippen molar-refractivity contribution in [2.45, 2.75) is 6.92 Å². The fourth-order valence-electron chi connectivity index (χ4n) is 1.32. The minimum atomic E-state index is 0.685. The Kier molecular flexibility index (Phi) is 2.90. The van der Waals surface area contributed by atoms with Gasteiger partial charge in [-0.3, -0.25) is 4.79 Å². The molecule has 0 heterocycles. The lowest BCUT2D eigenvalue weighted by Crippen LogP contribution is -2.10. The second kappa shape index (κ2) is 3.94. The molecule has 0 aliphatic carbocycles. The normalized spacial score (nSPS) is 9.46. The van der Waals surface area contributed by atoms with Crippen molar-refractivity contribution in [2.75, 3.05) is 24.3 Å². The van der Waals surface area contributed by atoms with Crippen molar-refractivity contribution in [1.29, 1.82) is 0 Å². The van der Waals surface area contributed by atoms with Gasteiger partial charge < -0.3 is 10.2 Å². The number of anilines is 2. The molecule has 0 bridgehead atoms. The number of benzene rings is 1. The molecule has 3 heteroatoms. The summed E-state index contributed by atoms with van der Waals surface area (Å²) in [5, 5.41) is 2.62. The number of carbonyl (C=O) groups is 1. The van der Waals surface area contributed by atoms with E-state index in [9.17, 15) is 4.79 Å². The molecule has 0 fully saturated rings. The molecule has 13 heavy (non-hydrogen) atoms. The van der Waals surface area contributed by atoms with Gasteiger partial charge in [0.15, 0.2) is 0 Å². The van der Waals surface area contributed by atoms with Crippen LogP contribution in [0.2, 0.25) is 0 Å². The Bertz CT molecular complexity index is 308. The van der Waals surface area contributed by atoms with Crippen molar-refractivity contribution in [3.63, 3.8) is 0 Å². The highest BCUT2D eigenvalue weighted by atomic mass is 16.1. The van der Waals surface area contributed by atoms with Crippen LogP contribution in [0.4, 0.5) is 11.4 Å². The van der Waals surface area contributed by atoms with E-state index >= 15 is 0 Å². The zero-order valence-electron chi connectivity index (χ0n) is 8.16. The van der Waals surface area contributed by atoms with Crippen molar-refractivity contribution in [3.05, 3.63) is 23.8 Å². The summed E-state index contributed by atoms with van der Waals surface area (Å²) in [6, 6.07) is 5.82. The van der Waals surface area contributed by atoms with Crippen LogP contribution in [0.15, 0.2) is 18.2 Å². The molecule has 0 atom stereocenters. The minimum absolute atomic E-state index is 0.685. The van der Waals surface area contributed by atoms with E-state index in [-0.39, 0.29) is 0 Å². The number of nitrogens with zero attached hydrogens (tertiary/aromatic N) is 1. The summed E-state index contributed by atoms with van der Waals surface area (Å²) < 4.78 is 0. The van der Waals surface area contributed by atoms with Crippen LogP contribution in [0.25, 0.3) is 0 Å². The van der Waals surface area contributed by atoms with Crippen LogP contribution in [-0.2, 0) is 4.79 Å². The average Bonchev–Trinajstić information content (AvgIpc) is 2.04. The SMILES string of the molecule is Cc1cc(NC=O)ccc1N(C)C. The van der Waals surface area contributed by atoms with Crippen molar-refractivity contribution in [1.82, 2.24) is 0 Å². The van der Waals surface area contributed by atoms with Gasteiger partial charge in [-0.15, -0.1) is 0 Å². The van der Waals surface area contributed by atoms with Crippen LogP contribution in [0, 0.1) is 6.92 Å². The number of nitrogens with one attached hydrogen (secondary N) is 1. The Balaban J connectivity index is 2.98. The smallest absolute Gasteiger partial charge is 0.211 e. The van der Waals surface area contributed by atoms with E-state index in [1.165, 1.54) is 0 Å². The van der Waals surface area contributed by atoms with Crippen LogP contribution in [0.3, 0.4) is 0 Å². The molecule has 0 saturated carbocycles. The van der Waals surface area contributed by atoms with Gasteiger partial charge in [-0.1, -0.05) is 0 Å². The molecular formula is C10H14N2O. The highest BCUT2D eigenvalue weighted by molar-refractivity contribution is 5.73. The molecule has 1 N–H and O–H groups in total. The predicted molar refractivity (Wildman–Crippen MR) is 55.2 cm³/mol. The molecule has 1 aromatic carbocycles. The van der Waals surface area contributed by atoms with E-state index in [0.29, 0.717) is 6.41 Å². The third kappa shape index (κ3) is 2.21. The first-order chi connectivity index (χ1) is 6.15. The summed E-state index contributed by atoms with van der Waals surface area (Å²) in [5.41, 5.74) is 3.14. The van der Waals surface area contributed by atoms with Gasteiger partial charge in [-0.2, -0.15) is 0 Å². The summed E-state index contributed by atoms with van der Waals surface area (Å²) in [6.07, 6.45) is 0.685. The van der Waals surface area contributed by atoms with Gasteiger partial charge in [0.25, 0.3) is 0 Å². The Hall–Kier alpha value is -1.51. The third-order valence-corrected chi connectivity index (χ3v) is 1.90. The predicted octanol–water partition coefficient (Wildman–Crippen LogP) is 1.63. The van der Waals surface area contributed by atoms with E-state index in [1.807, 2.05) is 44.1 Å². The maximum Gasteiger partial charge on any atom is 0.211 e. The first-order valence-corrected chi connectivity index (χ1v) is 4.13. The zero-order valence-corrected chi connectivity index (χ0v) is 8.16. The zero-order chi connectivity index (χ0) is 9.84. The number of hydrogen-bond donors (Lipinski definition) is 1.